The summed E-state index contributed by atoms with van der Waals surface area (Å²) in [7, 11) is 1.62. The second kappa shape index (κ2) is 14.2. The molecule has 1 aliphatic heterocycles. The monoisotopic (exact) mass is 496 g/mol. The van der Waals surface area contributed by atoms with E-state index in [1.165, 1.54) is 0 Å². The van der Waals surface area contributed by atoms with Crippen molar-refractivity contribution in [3.05, 3.63) is 65.7 Å². The van der Waals surface area contributed by atoms with Gasteiger partial charge in [-0.2, -0.15) is 0 Å². The van der Waals surface area contributed by atoms with E-state index in [-0.39, 0.29) is 24.3 Å². The molecule has 1 saturated heterocycles. The predicted molar refractivity (Wildman–Crippen MR) is 137 cm³/mol. The van der Waals surface area contributed by atoms with Gasteiger partial charge in [0.05, 0.1) is 0 Å². The zero-order valence-corrected chi connectivity index (χ0v) is 20.8. The van der Waals surface area contributed by atoms with Gasteiger partial charge in [0, 0.05) is 45.5 Å². The van der Waals surface area contributed by atoms with Crippen molar-refractivity contribution in [2.45, 2.75) is 44.9 Å². The van der Waals surface area contributed by atoms with Crippen LogP contribution in [0.3, 0.4) is 0 Å². The van der Waals surface area contributed by atoms with E-state index < -0.39 is 12.1 Å². The molecule has 1 aliphatic rings. The van der Waals surface area contributed by atoms with Crippen LogP contribution in [0.5, 0.6) is 0 Å². The summed E-state index contributed by atoms with van der Waals surface area (Å²) in [6, 6.07) is 15.8. The van der Waals surface area contributed by atoms with Crippen LogP contribution < -0.4 is 16.4 Å². The highest BCUT2D eigenvalue weighted by atomic mass is 16.5. The Kier molecular flexibility index (Phi) is 10.7. The molecule has 194 valence electrons. The van der Waals surface area contributed by atoms with Crippen LogP contribution in [0, 0.1) is 5.92 Å². The Hall–Kier alpha value is -3.43. The van der Waals surface area contributed by atoms with Crippen molar-refractivity contribution in [2.75, 3.05) is 32.1 Å². The van der Waals surface area contributed by atoms with E-state index in [0.717, 1.165) is 11.1 Å². The minimum absolute atomic E-state index is 0.0836. The Balaban J connectivity index is 1.64. The Morgan fingerprint density at radius 1 is 1.06 bits per heavy atom. The number of amides is 3. The van der Waals surface area contributed by atoms with E-state index in [2.05, 4.69) is 10.6 Å². The number of nitrogens with zero attached hydrogens (tertiary/aromatic N) is 1. The lowest BCUT2D eigenvalue weighted by molar-refractivity contribution is -0.133. The minimum Gasteiger partial charge on any atom is -0.445 e. The van der Waals surface area contributed by atoms with Gasteiger partial charge < -0.3 is 30.7 Å². The highest BCUT2D eigenvalue weighted by Gasteiger charge is 2.34. The third-order valence-electron chi connectivity index (χ3n) is 6.30. The van der Waals surface area contributed by atoms with Gasteiger partial charge in [-0.1, -0.05) is 42.5 Å². The molecule has 9 nitrogen and oxygen atoms in total. The average molecular weight is 497 g/mol. The predicted octanol–water partition coefficient (Wildman–Crippen LogP) is 3.04. The molecule has 3 rings (SSSR count). The first kappa shape index (κ1) is 27.2. The number of nitrogens with one attached hydrogen (secondary N) is 2. The molecule has 4 N–H and O–H groups in total. The van der Waals surface area contributed by atoms with E-state index in [1.807, 2.05) is 53.4 Å². The number of piperidine rings is 1. The lowest BCUT2D eigenvalue weighted by atomic mass is 9.88. The number of rotatable bonds is 11. The number of carbonyl (C=O) groups is 3. The molecule has 36 heavy (non-hydrogen) atoms. The fourth-order valence-corrected chi connectivity index (χ4v) is 4.29. The van der Waals surface area contributed by atoms with Gasteiger partial charge in [-0.3, -0.25) is 9.59 Å². The molecule has 0 radical (unpaired) electrons. The maximum Gasteiger partial charge on any atom is 0.408 e. The number of carbonyl (C=O) groups excluding carboxylic acids is 3. The van der Waals surface area contributed by atoms with Crippen molar-refractivity contribution in [1.82, 2.24) is 10.2 Å². The van der Waals surface area contributed by atoms with Gasteiger partial charge >= 0.3 is 6.09 Å². The molecule has 1 heterocycles. The van der Waals surface area contributed by atoms with E-state index in [1.54, 1.807) is 13.2 Å². The molecular formula is C27H36N4O5. The SMILES string of the molecule is COCCCC(=O)N1CCC([C@H](NC(=O)OCc2ccccc2)C(=O)Nc2cccc(CN)c2)CC1. The summed E-state index contributed by atoms with van der Waals surface area (Å²) in [6.07, 6.45) is 1.64. The second-order valence-electron chi connectivity index (χ2n) is 8.89. The van der Waals surface area contributed by atoms with Crippen molar-refractivity contribution in [2.24, 2.45) is 11.7 Å². The van der Waals surface area contributed by atoms with Gasteiger partial charge in [-0.25, -0.2) is 4.79 Å². The van der Waals surface area contributed by atoms with Crippen molar-refractivity contribution in [3.63, 3.8) is 0 Å². The maximum absolute atomic E-state index is 13.3. The summed E-state index contributed by atoms with van der Waals surface area (Å²) in [6.45, 7) is 2.07. The molecule has 3 amide bonds. The number of alkyl carbamates (subject to hydrolysis) is 1. The molecule has 0 spiro atoms. The van der Waals surface area contributed by atoms with Gasteiger partial charge in [-0.05, 0) is 48.4 Å². The summed E-state index contributed by atoms with van der Waals surface area (Å²) in [5, 5.41) is 5.68. The Bertz CT molecular complexity index is 993. The highest BCUT2D eigenvalue weighted by Crippen LogP contribution is 2.23. The highest BCUT2D eigenvalue weighted by molar-refractivity contribution is 5.96. The van der Waals surface area contributed by atoms with Crippen LogP contribution in [0.25, 0.3) is 0 Å². The van der Waals surface area contributed by atoms with Crippen LogP contribution in [0.1, 0.15) is 36.8 Å². The molecule has 1 atom stereocenters. The van der Waals surface area contributed by atoms with Crippen LogP contribution in [0.15, 0.2) is 54.6 Å². The van der Waals surface area contributed by atoms with Gasteiger partial charge in [0.15, 0.2) is 0 Å². The fourth-order valence-electron chi connectivity index (χ4n) is 4.29. The van der Waals surface area contributed by atoms with E-state index in [9.17, 15) is 14.4 Å². The van der Waals surface area contributed by atoms with Crippen molar-refractivity contribution >= 4 is 23.6 Å². The molecule has 2 aromatic rings. The number of likely N-dealkylation sites (tertiary alicyclic amines) is 1. The van der Waals surface area contributed by atoms with Crippen molar-refractivity contribution in [3.8, 4) is 0 Å². The normalized spacial score (nSPS) is 14.7. The van der Waals surface area contributed by atoms with E-state index in [4.69, 9.17) is 15.2 Å². The first-order chi connectivity index (χ1) is 17.5. The number of nitrogens with two attached hydrogens (primary N) is 1. The molecule has 1 fully saturated rings. The molecule has 9 heteroatoms. The first-order valence-electron chi connectivity index (χ1n) is 12.3. The standard InChI is InChI=1S/C27H36N4O5/c1-35-16-6-11-24(32)31-14-12-22(13-15-31)25(26(33)29-23-10-5-9-21(17-23)18-28)30-27(34)36-19-20-7-3-2-4-8-20/h2-5,7-10,17,22,25H,6,11-16,18-19,28H2,1H3,(H,29,33)(H,30,34)/t25-/m0/s1. The molecular weight excluding hydrogens is 460 g/mol. The molecule has 0 aliphatic carbocycles. The number of ether oxygens (including phenoxy) is 2. The Morgan fingerprint density at radius 3 is 2.47 bits per heavy atom. The summed E-state index contributed by atoms with van der Waals surface area (Å²) in [4.78, 5) is 40.2. The number of methoxy groups -OCH3 is 1. The Labute approximate surface area is 212 Å². The number of anilines is 1. The van der Waals surface area contributed by atoms with E-state index in [0.29, 0.717) is 57.6 Å². The average Bonchev–Trinajstić information content (AvgIpc) is 2.91. The topological polar surface area (TPSA) is 123 Å². The van der Waals surface area contributed by atoms with Gasteiger partial charge in [-0.15, -0.1) is 0 Å². The first-order valence-corrected chi connectivity index (χ1v) is 12.3. The molecule has 0 unspecified atom stereocenters. The molecule has 0 bridgehead atoms. The maximum atomic E-state index is 13.3. The van der Waals surface area contributed by atoms with Crippen LogP contribution in [0.4, 0.5) is 10.5 Å². The number of hydrogen-bond acceptors (Lipinski definition) is 6. The lowest BCUT2D eigenvalue weighted by Gasteiger charge is -2.35. The largest absolute Gasteiger partial charge is 0.445 e. The third kappa shape index (κ3) is 8.35. The molecule has 0 aromatic heterocycles. The number of benzene rings is 2. The van der Waals surface area contributed by atoms with Crippen molar-refractivity contribution < 1.29 is 23.9 Å². The molecule has 2 aromatic carbocycles. The minimum atomic E-state index is -0.805. The lowest BCUT2D eigenvalue weighted by Crippen LogP contribution is -2.52. The second-order valence-corrected chi connectivity index (χ2v) is 8.89. The van der Waals surface area contributed by atoms with Crippen molar-refractivity contribution in [1.29, 1.82) is 0 Å². The summed E-state index contributed by atoms with van der Waals surface area (Å²) in [5.74, 6) is -0.388. The number of hydrogen-bond donors (Lipinski definition) is 3. The quantitative estimate of drug-likeness (QED) is 0.411. The molecule has 0 saturated carbocycles. The smallest absolute Gasteiger partial charge is 0.408 e. The van der Waals surface area contributed by atoms with Crippen LogP contribution in [-0.4, -0.2) is 55.7 Å². The summed E-state index contributed by atoms with van der Waals surface area (Å²) < 4.78 is 10.4. The van der Waals surface area contributed by atoms with Gasteiger partial charge in [0.2, 0.25) is 11.8 Å². The van der Waals surface area contributed by atoms with Gasteiger partial charge in [0.25, 0.3) is 0 Å². The van der Waals surface area contributed by atoms with E-state index >= 15 is 0 Å². The van der Waals surface area contributed by atoms with Crippen LogP contribution >= 0.6 is 0 Å². The van der Waals surface area contributed by atoms with Gasteiger partial charge in [0.1, 0.15) is 12.6 Å². The fraction of sp³-hybridized carbons (Fsp3) is 0.444. The third-order valence-corrected chi connectivity index (χ3v) is 6.30. The Morgan fingerprint density at radius 2 is 1.78 bits per heavy atom. The zero-order chi connectivity index (χ0) is 25.8. The van der Waals surface area contributed by atoms with Crippen LogP contribution in [0.2, 0.25) is 0 Å². The summed E-state index contributed by atoms with van der Waals surface area (Å²) in [5.41, 5.74) is 8.08. The van der Waals surface area contributed by atoms with Crippen LogP contribution in [-0.2, 0) is 32.2 Å². The zero-order valence-electron chi connectivity index (χ0n) is 20.8. The summed E-state index contributed by atoms with van der Waals surface area (Å²) >= 11 is 0.